The molecular formula is C20H20ClN3O2. The van der Waals surface area contributed by atoms with E-state index in [1.165, 1.54) is 0 Å². The zero-order valence-electron chi connectivity index (χ0n) is 14.5. The minimum absolute atomic E-state index is 0.0312. The number of hydrogen-bond acceptors (Lipinski definition) is 3. The van der Waals surface area contributed by atoms with E-state index in [2.05, 4.69) is 10.2 Å². The number of para-hydroxylation sites is 1. The van der Waals surface area contributed by atoms with E-state index in [4.69, 9.17) is 11.6 Å². The van der Waals surface area contributed by atoms with Crippen molar-refractivity contribution in [1.82, 2.24) is 10.2 Å². The number of nitrogens with one attached hydrogen (secondary N) is 1. The number of nitrogens with zero attached hydrogens (tertiary/aromatic N) is 2. The van der Waals surface area contributed by atoms with E-state index in [0.717, 1.165) is 5.69 Å². The van der Waals surface area contributed by atoms with Crippen LogP contribution in [0.5, 0.6) is 0 Å². The minimum atomic E-state index is -0.511. The van der Waals surface area contributed by atoms with Gasteiger partial charge in [-0.15, -0.1) is 0 Å². The molecule has 6 heteroatoms. The second-order valence-electron chi connectivity index (χ2n) is 6.84. The Bertz CT molecular complexity index is 861. The molecule has 0 aromatic heterocycles. The van der Waals surface area contributed by atoms with Gasteiger partial charge in [-0.1, -0.05) is 35.9 Å². The van der Waals surface area contributed by atoms with E-state index >= 15 is 0 Å². The number of carbonyl (C=O) groups excluding carboxylic acids is 2. The molecule has 2 aromatic carbocycles. The molecule has 0 radical (unpaired) electrons. The summed E-state index contributed by atoms with van der Waals surface area (Å²) in [4.78, 5) is 29.2. The predicted octanol–water partition coefficient (Wildman–Crippen LogP) is 3.15. The van der Waals surface area contributed by atoms with Crippen molar-refractivity contribution in [2.24, 2.45) is 0 Å². The first-order valence-electron chi connectivity index (χ1n) is 8.71. The molecule has 2 aromatic rings. The molecule has 1 saturated heterocycles. The Morgan fingerprint density at radius 2 is 1.77 bits per heavy atom. The van der Waals surface area contributed by atoms with E-state index in [0.29, 0.717) is 42.1 Å². The van der Waals surface area contributed by atoms with Crippen LogP contribution in [0, 0.1) is 0 Å². The van der Waals surface area contributed by atoms with Gasteiger partial charge in [0, 0.05) is 38.5 Å². The Hall–Kier alpha value is -2.53. The number of fused-ring (bicyclic) bond motifs is 1. The topological polar surface area (TPSA) is 52.7 Å². The first kappa shape index (κ1) is 16.9. The lowest BCUT2D eigenvalue weighted by Gasteiger charge is -2.51. The van der Waals surface area contributed by atoms with Crippen molar-refractivity contribution in [3.8, 4) is 0 Å². The van der Waals surface area contributed by atoms with Crippen molar-refractivity contribution < 1.29 is 9.59 Å². The van der Waals surface area contributed by atoms with Crippen LogP contribution < -0.4 is 10.2 Å². The largest absolute Gasteiger partial charge is 0.350 e. The molecule has 1 fully saturated rings. The Balaban J connectivity index is 1.56. The van der Waals surface area contributed by atoms with Gasteiger partial charge in [0.2, 0.25) is 0 Å². The molecule has 2 aliphatic heterocycles. The van der Waals surface area contributed by atoms with Crippen molar-refractivity contribution in [2.45, 2.75) is 18.5 Å². The van der Waals surface area contributed by atoms with Crippen molar-refractivity contribution in [3.05, 3.63) is 64.7 Å². The van der Waals surface area contributed by atoms with Crippen molar-refractivity contribution in [3.63, 3.8) is 0 Å². The number of hydrogen-bond donors (Lipinski definition) is 1. The molecule has 0 bridgehead atoms. The fraction of sp³-hybridized carbons (Fsp3) is 0.300. The molecule has 4 rings (SSSR count). The molecule has 0 saturated carbocycles. The van der Waals surface area contributed by atoms with Crippen LogP contribution >= 0.6 is 11.6 Å². The molecular weight excluding hydrogens is 350 g/mol. The molecule has 2 amide bonds. The van der Waals surface area contributed by atoms with Gasteiger partial charge in [0.15, 0.2) is 0 Å². The first-order valence-corrected chi connectivity index (χ1v) is 9.09. The predicted molar refractivity (Wildman–Crippen MR) is 102 cm³/mol. The van der Waals surface area contributed by atoms with Crippen molar-refractivity contribution >= 4 is 29.1 Å². The smallest absolute Gasteiger partial charge is 0.255 e. The summed E-state index contributed by atoms with van der Waals surface area (Å²) in [6.07, 6.45) is 1.30. The maximum Gasteiger partial charge on any atom is 0.255 e. The lowest BCUT2D eigenvalue weighted by atomic mass is 9.90. The number of rotatable bonds is 1. The third kappa shape index (κ3) is 2.63. The van der Waals surface area contributed by atoms with Gasteiger partial charge in [0.05, 0.1) is 16.3 Å². The van der Waals surface area contributed by atoms with Gasteiger partial charge < -0.3 is 15.1 Å². The molecule has 26 heavy (non-hydrogen) atoms. The molecule has 0 unspecified atom stereocenters. The van der Waals surface area contributed by atoms with Crippen LogP contribution in [-0.4, -0.2) is 42.5 Å². The summed E-state index contributed by atoms with van der Waals surface area (Å²) >= 11 is 6.38. The van der Waals surface area contributed by atoms with Crippen molar-refractivity contribution in [2.75, 3.05) is 25.0 Å². The quantitative estimate of drug-likeness (QED) is 0.840. The second-order valence-corrected chi connectivity index (χ2v) is 7.25. The number of benzene rings is 2. The molecule has 1 spiro atoms. The van der Waals surface area contributed by atoms with Gasteiger partial charge in [-0.2, -0.15) is 0 Å². The summed E-state index contributed by atoms with van der Waals surface area (Å²) in [5, 5.41) is 3.73. The monoisotopic (exact) mass is 369 g/mol. The molecule has 2 heterocycles. The Kier molecular flexibility index (Phi) is 4.11. The van der Waals surface area contributed by atoms with Crippen LogP contribution in [0.1, 0.15) is 33.6 Å². The average Bonchev–Trinajstić information content (AvgIpc) is 2.67. The maximum atomic E-state index is 12.7. The average molecular weight is 370 g/mol. The van der Waals surface area contributed by atoms with Crippen LogP contribution in [0.4, 0.5) is 5.69 Å². The van der Waals surface area contributed by atoms with Crippen LogP contribution in [0.3, 0.4) is 0 Å². The Labute approximate surface area is 157 Å². The van der Waals surface area contributed by atoms with Gasteiger partial charge in [-0.05, 0) is 24.3 Å². The van der Waals surface area contributed by atoms with Crippen LogP contribution in [0.2, 0.25) is 5.02 Å². The molecule has 1 N–H and O–H groups in total. The van der Waals surface area contributed by atoms with Crippen LogP contribution in [-0.2, 0) is 0 Å². The van der Waals surface area contributed by atoms with Gasteiger partial charge in [-0.25, -0.2) is 0 Å². The molecule has 2 aliphatic rings. The highest BCUT2D eigenvalue weighted by atomic mass is 35.5. The van der Waals surface area contributed by atoms with Crippen LogP contribution in [0.25, 0.3) is 0 Å². The lowest BCUT2D eigenvalue weighted by molar-refractivity contribution is 0.0609. The zero-order valence-corrected chi connectivity index (χ0v) is 15.3. The number of amides is 2. The molecule has 134 valence electrons. The standard InChI is InChI=1S/C20H20ClN3O2/c1-23-17-15(8-5-9-16(17)21)18(25)22-20(23)10-12-24(13-11-20)19(26)14-6-3-2-4-7-14/h2-9H,10-13H2,1H3,(H,22,25). The number of halogens is 1. The number of carbonyl (C=O) groups is 2. The fourth-order valence-corrected chi connectivity index (χ4v) is 4.22. The summed E-state index contributed by atoms with van der Waals surface area (Å²) in [5.41, 5.74) is 1.54. The molecule has 0 atom stereocenters. The molecule has 0 aliphatic carbocycles. The van der Waals surface area contributed by atoms with Gasteiger partial charge in [0.1, 0.15) is 5.66 Å². The fourth-order valence-electron chi connectivity index (χ4n) is 3.92. The normalized spacial score (nSPS) is 18.5. The highest BCUT2D eigenvalue weighted by Gasteiger charge is 2.45. The number of anilines is 1. The third-order valence-electron chi connectivity index (χ3n) is 5.45. The van der Waals surface area contributed by atoms with Gasteiger partial charge in [0.25, 0.3) is 11.8 Å². The number of piperidine rings is 1. The Morgan fingerprint density at radius 3 is 2.46 bits per heavy atom. The lowest BCUT2D eigenvalue weighted by Crippen LogP contribution is -2.67. The van der Waals surface area contributed by atoms with Crippen molar-refractivity contribution in [1.29, 1.82) is 0 Å². The summed E-state index contributed by atoms with van der Waals surface area (Å²) in [5.74, 6) is -0.0768. The highest BCUT2D eigenvalue weighted by molar-refractivity contribution is 6.34. The van der Waals surface area contributed by atoms with Gasteiger partial charge >= 0.3 is 0 Å². The summed E-state index contributed by atoms with van der Waals surface area (Å²) < 4.78 is 0. The summed E-state index contributed by atoms with van der Waals surface area (Å²) in [6, 6.07) is 14.7. The van der Waals surface area contributed by atoms with E-state index in [9.17, 15) is 9.59 Å². The van der Waals surface area contributed by atoms with E-state index in [1.54, 1.807) is 18.2 Å². The summed E-state index contributed by atoms with van der Waals surface area (Å²) in [6.45, 7) is 1.16. The van der Waals surface area contributed by atoms with E-state index in [-0.39, 0.29) is 11.8 Å². The SMILES string of the molecule is CN1c2c(Cl)cccc2C(=O)NC12CCN(C(=O)c1ccccc1)CC2. The Morgan fingerprint density at radius 1 is 1.08 bits per heavy atom. The van der Waals surface area contributed by atoms with E-state index < -0.39 is 5.66 Å². The van der Waals surface area contributed by atoms with Crippen LogP contribution in [0.15, 0.2) is 48.5 Å². The maximum absolute atomic E-state index is 12.7. The summed E-state index contributed by atoms with van der Waals surface area (Å²) in [7, 11) is 1.96. The molecule has 5 nitrogen and oxygen atoms in total. The van der Waals surface area contributed by atoms with E-state index in [1.807, 2.05) is 42.3 Å². The minimum Gasteiger partial charge on any atom is -0.350 e. The second kappa shape index (κ2) is 6.32. The third-order valence-corrected chi connectivity index (χ3v) is 5.76. The highest BCUT2D eigenvalue weighted by Crippen LogP contribution is 2.40. The van der Waals surface area contributed by atoms with Gasteiger partial charge in [-0.3, -0.25) is 9.59 Å². The zero-order chi connectivity index (χ0) is 18.3. The number of likely N-dealkylation sites (tertiary alicyclic amines) is 1. The first-order chi connectivity index (χ1) is 12.5.